The number of aliphatic carboxylic acids is 1. The topological polar surface area (TPSA) is 66.3 Å². The molecule has 1 N–H and O–H groups in total. The molecule has 0 aromatic carbocycles. The van der Waals surface area contributed by atoms with Crippen LogP contribution in [0.4, 0.5) is 5.82 Å². The second-order valence-corrected chi connectivity index (χ2v) is 4.49. The molecule has 0 radical (unpaired) electrons. The third-order valence-corrected chi connectivity index (χ3v) is 3.16. The lowest BCUT2D eigenvalue weighted by atomic mass is 9.94. The maximum Gasteiger partial charge on any atom is 0.303 e. The Morgan fingerprint density at radius 1 is 1.53 bits per heavy atom. The zero-order valence-electron chi connectivity index (χ0n) is 9.96. The minimum Gasteiger partial charge on any atom is -0.481 e. The van der Waals surface area contributed by atoms with Crippen molar-refractivity contribution < 1.29 is 9.90 Å². The Bertz CT molecular complexity index is 400. The number of rotatable bonds is 3. The first-order valence-corrected chi connectivity index (χ1v) is 5.91. The predicted octanol–water partition coefficient (Wildman–Crippen LogP) is 1.48. The van der Waals surface area contributed by atoms with E-state index in [1.165, 1.54) is 0 Å². The Balaban J connectivity index is 1.93. The third-order valence-electron chi connectivity index (χ3n) is 3.16. The highest BCUT2D eigenvalue weighted by molar-refractivity contribution is 5.67. The van der Waals surface area contributed by atoms with E-state index in [2.05, 4.69) is 14.9 Å². The lowest BCUT2D eigenvalue weighted by Crippen LogP contribution is -2.35. The van der Waals surface area contributed by atoms with Gasteiger partial charge in [-0.15, -0.1) is 0 Å². The molecule has 1 fully saturated rings. The monoisotopic (exact) mass is 235 g/mol. The summed E-state index contributed by atoms with van der Waals surface area (Å²) >= 11 is 0. The fraction of sp³-hybridized carbons (Fsp3) is 0.583. The van der Waals surface area contributed by atoms with Crippen molar-refractivity contribution in [2.75, 3.05) is 18.0 Å². The minimum atomic E-state index is -0.693. The second kappa shape index (κ2) is 5.12. The average molecular weight is 235 g/mol. The molecule has 0 aliphatic carbocycles. The van der Waals surface area contributed by atoms with Gasteiger partial charge in [0.2, 0.25) is 0 Å². The van der Waals surface area contributed by atoms with E-state index in [4.69, 9.17) is 5.11 Å². The van der Waals surface area contributed by atoms with Crippen LogP contribution in [0.1, 0.15) is 25.1 Å². The summed E-state index contributed by atoms with van der Waals surface area (Å²) in [6.45, 7) is 3.64. The van der Waals surface area contributed by atoms with Gasteiger partial charge in [-0.25, -0.2) is 9.97 Å². The largest absolute Gasteiger partial charge is 0.481 e. The zero-order chi connectivity index (χ0) is 12.3. The van der Waals surface area contributed by atoms with Gasteiger partial charge in [-0.05, 0) is 31.7 Å². The highest BCUT2D eigenvalue weighted by Crippen LogP contribution is 2.23. The summed E-state index contributed by atoms with van der Waals surface area (Å²) in [5.41, 5.74) is 0. The molecule has 1 aliphatic heterocycles. The lowest BCUT2D eigenvalue weighted by molar-refractivity contribution is -0.138. The molecule has 1 saturated heterocycles. The van der Waals surface area contributed by atoms with Crippen LogP contribution in [0, 0.1) is 12.8 Å². The number of carboxylic acid groups (broad SMARTS) is 1. The van der Waals surface area contributed by atoms with E-state index in [0.717, 1.165) is 37.6 Å². The fourth-order valence-electron chi connectivity index (χ4n) is 2.23. The highest BCUT2D eigenvalue weighted by atomic mass is 16.4. The van der Waals surface area contributed by atoms with Gasteiger partial charge in [0.1, 0.15) is 11.6 Å². The summed E-state index contributed by atoms with van der Waals surface area (Å²) in [6, 6.07) is 1.91. The molecule has 0 unspecified atom stereocenters. The molecular weight excluding hydrogens is 218 g/mol. The maximum atomic E-state index is 10.6. The van der Waals surface area contributed by atoms with Crippen LogP contribution in [0.2, 0.25) is 0 Å². The van der Waals surface area contributed by atoms with E-state index in [0.29, 0.717) is 5.92 Å². The molecule has 0 spiro atoms. The third kappa shape index (κ3) is 3.15. The number of carboxylic acids is 1. The summed E-state index contributed by atoms with van der Waals surface area (Å²) in [5, 5.41) is 8.75. The van der Waals surface area contributed by atoms with Crippen LogP contribution in [-0.4, -0.2) is 34.1 Å². The number of piperidine rings is 1. The first-order valence-electron chi connectivity index (χ1n) is 5.91. The number of aryl methyl sites for hydroxylation is 1. The van der Waals surface area contributed by atoms with E-state index >= 15 is 0 Å². The van der Waals surface area contributed by atoms with Crippen molar-refractivity contribution in [1.29, 1.82) is 0 Å². The fourth-order valence-corrected chi connectivity index (χ4v) is 2.23. The van der Waals surface area contributed by atoms with Gasteiger partial charge in [-0.2, -0.15) is 0 Å². The molecule has 2 rings (SSSR count). The highest BCUT2D eigenvalue weighted by Gasteiger charge is 2.21. The standard InChI is InChI=1S/C12H17N3O2/c1-9-13-5-2-11(14-9)15-6-3-10(4-7-15)8-12(16)17/h2,5,10H,3-4,6-8H2,1H3,(H,16,17). The number of nitrogens with zero attached hydrogens (tertiary/aromatic N) is 3. The normalized spacial score (nSPS) is 17.1. The Kier molecular flexibility index (Phi) is 3.56. The van der Waals surface area contributed by atoms with Crippen molar-refractivity contribution >= 4 is 11.8 Å². The van der Waals surface area contributed by atoms with Crippen LogP contribution >= 0.6 is 0 Å². The molecule has 1 aliphatic rings. The van der Waals surface area contributed by atoms with Gasteiger partial charge in [-0.3, -0.25) is 4.79 Å². The van der Waals surface area contributed by atoms with Gasteiger partial charge in [-0.1, -0.05) is 0 Å². The van der Waals surface area contributed by atoms with Crippen molar-refractivity contribution in [1.82, 2.24) is 9.97 Å². The first-order chi connectivity index (χ1) is 8.15. The zero-order valence-corrected chi connectivity index (χ0v) is 9.96. The molecule has 1 aromatic heterocycles. The first kappa shape index (κ1) is 11.8. The number of anilines is 1. The number of hydrogen-bond donors (Lipinski definition) is 1. The summed E-state index contributed by atoms with van der Waals surface area (Å²) in [5.74, 6) is 1.34. The van der Waals surface area contributed by atoms with Crippen LogP contribution in [-0.2, 0) is 4.79 Å². The summed E-state index contributed by atoms with van der Waals surface area (Å²) in [6.07, 6.45) is 3.91. The van der Waals surface area contributed by atoms with Crippen LogP contribution in [0.25, 0.3) is 0 Å². The molecule has 17 heavy (non-hydrogen) atoms. The van der Waals surface area contributed by atoms with Gasteiger partial charge in [0.15, 0.2) is 0 Å². The second-order valence-electron chi connectivity index (χ2n) is 4.49. The molecule has 0 saturated carbocycles. The van der Waals surface area contributed by atoms with Crippen molar-refractivity contribution in [3.8, 4) is 0 Å². The Morgan fingerprint density at radius 2 is 2.24 bits per heavy atom. The van der Waals surface area contributed by atoms with Crippen LogP contribution in [0.5, 0.6) is 0 Å². The number of hydrogen-bond acceptors (Lipinski definition) is 4. The van der Waals surface area contributed by atoms with Crippen LogP contribution < -0.4 is 4.90 Å². The summed E-state index contributed by atoms with van der Waals surface area (Å²) < 4.78 is 0. The average Bonchev–Trinajstić information content (AvgIpc) is 2.29. The summed E-state index contributed by atoms with van der Waals surface area (Å²) in [7, 11) is 0. The summed E-state index contributed by atoms with van der Waals surface area (Å²) in [4.78, 5) is 21.3. The number of aromatic nitrogens is 2. The van der Waals surface area contributed by atoms with Gasteiger partial charge in [0.05, 0.1) is 0 Å². The molecule has 5 heteroatoms. The molecule has 92 valence electrons. The van der Waals surface area contributed by atoms with E-state index in [9.17, 15) is 4.79 Å². The quantitative estimate of drug-likeness (QED) is 0.859. The van der Waals surface area contributed by atoms with Gasteiger partial charge in [0.25, 0.3) is 0 Å². The predicted molar refractivity (Wildman–Crippen MR) is 64.0 cm³/mol. The smallest absolute Gasteiger partial charge is 0.303 e. The van der Waals surface area contributed by atoms with Crippen molar-refractivity contribution in [2.45, 2.75) is 26.2 Å². The Labute approximate surface area is 100 Å². The molecule has 0 bridgehead atoms. The van der Waals surface area contributed by atoms with E-state index < -0.39 is 5.97 Å². The van der Waals surface area contributed by atoms with Crippen LogP contribution in [0.3, 0.4) is 0 Å². The van der Waals surface area contributed by atoms with Crippen molar-refractivity contribution in [3.63, 3.8) is 0 Å². The van der Waals surface area contributed by atoms with E-state index in [1.807, 2.05) is 13.0 Å². The minimum absolute atomic E-state index is 0.288. The van der Waals surface area contributed by atoms with Gasteiger partial charge in [0, 0.05) is 25.7 Å². The SMILES string of the molecule is Cc1nccc(N2CCC(CC(=O)O)CC2)n1. The molecular formula is C12H17N3O2. The lowest BCUT2D eigenvalue weighted by Gasteiger charge is -2.32. The molecule has 5 nitrogen and oxygen atoms in total. The Morgan fingerprint density at radius 3 is 2.82 bits per heavy atom. The maximum absolute atomic E-state index is 10.6. The van der Waals surface area contributed by atoms with Crippen molar-refractivity contribution in [2.24, 2.45) is 5.92 Å². The number of carbonyl (C=O) groups is 1. The van der Waals surface area contributed by atoms with Gasteiger partial charge >= 0.3 is 5.97 Å². The molecule has 0 atom stereocenters. The Hall–Kier alpha value is -1.65. The van der Waals surface area contributed by atoms with E-state index in [1.54, 1.807) is 6.20 Å². The van der Waals surface area contributed by atoms with Gasteiger partial charge < -0.3 is 10.0 Å². The van der Waals surface area contributed by atoms with E-state index in [-0.39, 0.29) is 6.42 Å². The van der Waals surface area contributed by atoms with Crippen LogP contribution in [0.15, 0.2) is 12.3 Å². The molecule has 1 aromatic rings. The van der Waals surface area contributed by atoms with Crippen molar-refractivity contribution in [3.05, 3.63) is 18.1 Å². The molecule has 0 amide bonds. The molecule has 2 heterocycles.